The lowest BCUT2D eigenvalue weighted by molar-refractivity contribution is -0.0521. The highest BCUT2D eigenvalue weighted by atomic mass is 19.3. The van der Waals surface area contributed by atoms with Gasteiger partial charge in [-0.05, 0) is 19.3 Å². The molecular weight excluding hydrogens is 269 g/mol. The zero-order valence-corrected chi connectivity index (χ0v) is 11.4. The fourth-order valence-corrected chi connectivity index (χ4v) is 2.21. The largest absolute Gasteiger partial charge is 0.432 e. The molecule has 112 valence electrons. The topological polar surface area (TPSA) is 38.5 Å². The van der Waals surface area contributed by atoms with E-state index < -0.39 is 18.2 Å². The number of ether oxygens (including phenoxy) is 1. The van der Waals surface area contributed by atoms with Gasteiger partial charge in [-0.2, -0.15) is 8.78 Å². The Hall–Kier alpha value is -1.59. The second-order valence-electron chi connectivity index (χ2n) is 5.00. The minimum absolute atomic E-state index is 0.257. The van der Waals surface area contributed by atoms with Crippen molar-refractivity contribution in [2.45, 2.75) is 45.3 Å². The number of nitrogen functional groups attached to an aromatic ring is 1. The third kappa shape index (κ3) is 3.49. The zero-order valence-electron chi connectivity index (χ0n) is 11.4. The summed E-state index contributed by atoms with van der Waals surface area (Å²) >= 11 is 0. The molecule has 0 heterocycles. The maximum atomic E-state index is 13.6. The molecular formula is C14H19F3N2O. The summed E-state index contributed by atoms with van der Waals surface area (Å²) in [6, 6.07) is 2.70. The molecule has 0 spiro atoms. The first-order valence-electron chi connectivity index (χ1n) is 6.83. The third-order valence-electron chi connectivity index (χ3n) is 3.35. The summed E-state index contributed by atoms with van der Waals surface area (Å²) in [5.74, 6) is -1.32. The van der Waals surface area contributed by atoms with Crippen LogP contribution in [0.2, 0.25) is 0 Å². The number of hydrogen-bond acceptors (Lipinski definition) is 3. The first kappa shape index (κ1) is 14.8. The molecule has 0 unspecified atom stereocenters. The normalized spacial score (nSPS) is 14.7. The van der Waals surface area contributed by atoms with Crippen molar-refractivity contribution >= 4 is 11.4 Å². The van der Waals surface area contributed by atoms with Crippen LogP contribution >= 0.6 is 0 Å². The quantitative estimate of drug-likeness (QED) is 0.776. The summed E-state index contributed by atoms with van der Waals surface area (Å²) in [7, 11) is 0. The Morgan fingerprint density at radius 1 is 1.40 bits per heavy atom. The molecule has 1 fully saturated rings. The van der Waals surface area contributed by atoms with Gasteiger partial charge in [-0.25, -0.2) is 4.39 Å². The first-order chi connectivity index (χ1) is 9.52. The molecule has 6 heteroatoms. The highest BCUT2D eigenvalue weighted by Gasteiger charge is 2.30. The van der Waals surface area contributed by atoms with Crippen molar-refractivity contribution < 1.29 is 17.9 Å². The SMILES string of the molecule is CCCCN(c1cc(OC(F)F)c(F)cc1N)C1CC1. The van der Waals surface area contributed by atoms with Gasteiger partial charge in [0.1, 0.15) is 0 Å². The monoisotopic (exact) mass is 288 g/mol. The molecule has 0 atom stereocenters. The van der Waals surface area contributed by atoms with Crippen LogP contribution in [0.3, 0.4) is 0 Å². The van der Waals surface area contributed by atoms with Crippen molar-refractivity contribution in [2.24, 2.45) is 0 Å². The number of nitrogens with two attached hydrogens (primary N) is 1. The Balaban J connectivity index is 2.27. The molecule has 0 aromatic heterocycles. The molecule has 3 nitrogen and oxygen atoms in total. The van der Waals surface area contributed by atoms with E-state index in [0.717, 1.165) is 38.3 Å². The van der Waals surface area contributed by atoms with E-state index in [4.69, 9.17) is 5.73 Å². The van der Waals surface area contributed by atoms with E-state index in [9.17, 15) is 13.2 Å². The Kier molecular flexibility index (Phi) is 4.62. The van der Waals surface area contributed by atoms with Gasteiger partial charge in [0.2, 0.25) is 0 Å². The van der Waals surface area contributed by atoms with E-state index in [2.05, 4.69) is 16.6 Å². The van der Waals surface area contributed by atoms with Gasteiger partial charge in [-0.15, -0.1) is 0 Å². The van der Waals surface area contributed by atoms with Gasteiger partial charge in [0.25, 0.3) is 0 Å². The second-order valence-corrected chi connectivity index (χ2v) is 5.00. The molecule has 1 aliphatic rings. The maximum absolute atomic E-state index is 13.6. The lowest BCUT2D eigenvalue weighted by Crippen LogP contribution is -2.27. The van der Waals surface area contributed by atoms with E-state index in [0.29, 0.717) is 11.7 Å². The van der Waals surface area contributed by atoms with Crippen LogP contribution in [0.4, 0.5) is 24.5 Å². The highest BCUT2D eigenvalue weighted by molar-refractivity contribution is 5.71. The lowest BCUT2D eigenvalue weighted by Gasteiger charge is -2.26. The van der Waals surface area contributed by atoms with Crippen molar-refractivity contribution in [1.29, 1.82) is 0 Å². The Morgan fingerprint density at radius 2 is 2.10 bits per heavy atom. The molecule has 0 aliphatic heterocycles. The summed E-state index contributed by atoms with van der Waals surface area (Å²) in [5.41, 5.74) is 6.67. The number of benzene rings is 1. The Bertz CT molecular complexity index is 464. The van der Waals surface area contributed by atoms with Crippen molar-refractivity contribution in [3.63, 3.8) is 0 Å². The van der Waals surface area contributed by atoms with Crippen LogP contribution < -0.4 is 15.4 Å². The molecule has 0 amide bonds. The number of nitrogens with zero attached hydrogens (tertiary/aromatic N) is 1. The summed E-state index contributed by atoms with van der Waals surface area (Å²) < 4.78 is 42.3. The smallest absolute Gasteiger partial charge is 0.387 e. The van der Waals surface area contributed by atoms with Crippen molar-refractivity contribution in [3.8, 4) is 5.75 Å². The van der Waals surface area contributed by atoms with Gasteiger partial charge in [0.05, 0.1) is 11.4 Å². The van der Waals surface area contributed by atoms with Gasteiger partial charge in [0.15, 0.2) is 11.6 Å². The predicted octanol–water partition coefficient (Wildman–Crippen LogP) is 3.78. The van der Waals surface area contributed by atoms with Crippen molar-refractivity contribution in [2.75, 3.05) is 17.2 Å². The number of alkyl halides is 2. The average molecular weight is 288 g/mol. The Morgan fingerprint density at radius 3 is 2.65 bits per heavy atom. The van der Waals surface area contributed by atoms with Crippen LogP contribution in [-0.2, 0) is 0 Å². The van der Waals surface area contributed by atoms with E-state index in [1.165, 1.54) is 6.07 Å². The number of hydrogen-bond donors (Lipinski definition) is 1. The minimum Gasteiger partial charge on any atom is -0.432 e. The molecule has 0 bridgehead atoms. The standard InChI is InChI=1S/C14H19F3N2O/c1-2-3-6-19(9-4-5-9)12-8-13(20-14(16)17)10(15)7-11(12)18/h7-9,14H,2-6,18H2,1H3. The van der Waals surface area contributed by atoms with Crippen LogP contribution in [-0.4, -0.2) is 19.2 Å². The Labute approximate surface area is 116 Å². The van der Waals surface area contributed by atoms with Crippen molar-refractivity contribution in [3.05, 3.63) is 17.9 Å². The van der Waals surface area contributed by atoms with Crippen LogP contribution in [0, 0.1) is 5.82 Å². The third-order valence-corrected chi connectivity index (χ3v) is 3.35. The minimum atomic E-state index is -3.05. The van der Waals surface area contributed by atoms with Gasteiger partial charge in [-0.3, -0.25) is 0 Å². The molecule has 1 aromatic rings. The van der Waals surface area contributed by atoms with Crippen LogP contribution in [0.1, 0.15) is 32.6 Å². The number of anilines is 2. The van der Waals surface area contributed by atoms with Crippen molar-refractivity contribution in [1.82, 2.24) is 0 Å². The van der Waals surface area contributed by atoms with E-state index in [1.807, 2.05) is 0 Å². The van der Waals surface area contributed by atoms with Gasteiger partial charge in [0, 0.05) is 24.7 Å². The maximum Gasteiger partial charge on any atom is 0.387 e. The molecule has 2 rings (SSSR count). The van der Waals surface area contributed by atoms with E-state index in [-0.39, 0.29) is 5.69 Å². The van der Waals surface area contributed by atoms with Crippen LogP contribution in [0.25, 0.3) is 0 Å². The zero-order chi connectivity index (χ0) is 14.7. The molecule has 20 heavy (non-hydrogen) atoms. The number of rotatable bonds is 7. The summed E-state index contributed by atoms with van der Waals surface area (Å²) in [6.07, 6.45) is 4.08. The molecule has 1 saturated carbocycles. The number of halogens is 3. The van der Waals surface area contributed by atoms with E-state index in [1.54, 1.807) is 0 Å². The van der Waals surface area contributed by atoms with Crippen LogP contribution in [0.15, 0.2) is 12.1 Å². The average Bonchev–Trinajstić information content (AvgIpc) is 3.18. The predicted molar refractivity (Wildman–Crippen MR) is 72.7 cm³/mol. The second kappa shape index (κ2) is 6.24. The highest BCUT2D eigenvalue weighted by Crippen LogP contribution is 2.38. The molecule has 1 aromatic carbocycles. The summed E-state index contributed by atoms with van der Waals surface area (Å²) in [4.78, 5) is 2.07. The van der Waals surface area contributed by atoms with Crippen LogP contribution in [0.5, 0.6) is 5.75 Å². The van der Waals surface area contributed by atoms with Gasteiger partial charge < -0.3 is 15.4 Å². The number of unbranched alkanes of at least 4 members (excludes halogenated alkanes) is 1. The fraction of sp³-hybridized carbons (Fsp3) is 0.571. The van der Waals surface area contributed by atoms with Gasteiger partial charge in [-0.1, -0.05) is 13.3 Å². The molecule has 0 saturated heterocycles. The fourth-order valence-electron chi connectivity index (χ4n) is 2.21. The molecule has 2 N–H and O–H groups in total. The van der Waals surface area contributed by atoms with E-state index >= 15 is 0 Å². The lowest BCUT2D eigenvalue weighted by atomic mass is 10.2. The summed E-state index contributed by atoms with van der Waals surface area (Å²) in [5, 5.41) is 0. The summed E-state index contributed by atoms with van der Waals surface area (Å²) in [6.45, 7) is -0.193. The molecule has 1 aliphatic carbocycles. The van der Waals surface area contributed by atoms with Gasteiger partial charge >= 0.3 is 6.61 Å². The molecule has 0 radical (unpaired) electrons. The first-order valence-corrected chi connectivity index (χ1v) is 6.83.